The Hall–Kier alpha value is -1.03. The SMILES string of the molecule is COc1ccc(Br)c(C(=O)N(C(C)C)C(C)C)c1. The van der Waals surface area contributed by atoms with E-state index < -0.39 is 0 Å². The molecule has 100 valence electrons. The van der Waals surface area contributed by atoms with Gasteiger partial charge in [0.25, 0.3) is 5.91 Å². The first-order valence-corrected chi connectivity index (χ1v) is 6.84. The molecule has 0 unspecified atom stereocenters. The average molecular weight is 314 g/mol. The summed E-state index contributed by atoms with van der Waals surface area (Å²) in [6, 6.07) is 5.76. The van der Waals surface area contributed by atoms with E-state index in [1.165, 1.54) is 0 Å². The molecule has 18 heavy (non-hydrogen) atoms. The van der Waals surface area contributed by atoms with Gasteiger partial charge in [-0.15, -0.1) is 0 Å². The topological polar surface area (TPSA) is 29.5 Å². The third-order valence-electron chi connectivity index (χ3n) is 2.75. The molecular weight excluding hydrogens is 294 g/mol. The summed E-state index contributed by atoms with van der Waals surface area (Å²) in [5, 5.41) is 0. The number of ether oxygens (including phenoxy) is 1. The number of rotatable bonds is 4. The van der Waals surface area contributed by atoms with E-state index in [4.69, 9.17) is 4.74 Å². The number of methoxy groups -OCH3 is 1. The van der Waals surface area contributed by atoms with Crippen molar-refractivity contribution in [3.05, 3.63) is 28.2 Å². The Morgan fingerprint density at radius 1 is 1.22 bits per heavy atom. The molecule has 1 aromatic rings. The zero-order chi connectivity index (χ0) is 13.9. The van der Waals surface area contributed by atoms with Crippen molar-refractivity contribution in [3.8, 4) is 5.75 Å². The van der Waals surface area contributed by atoms with E-state index >= 15 is 0 Å². The highest BCUT2D eigenvalue weighted by molar-refractivity contribution is 9.10. The van der Waals surface area contributed by atoms with Gasteiger partial charge in [-0.05, 0) is 61.8 Å². The van der Waals surface area contributed by atoms with Gasteiger partial charge in [0.05, 0.1) is 12.7 Å². The van der Waals surface area contributed by atoms with Crippen LogP contribution in [0.5, 0.6) is 5.75 Å². The number of nitrogens with zero attached hydrogens (tertiary/aromatic N) is 1. The summed E-state index contributed by atoms with van der Waals surface area (Å²) in [6.07, 6.45) is 0. The highest BCUT2D eigenvalue weighted by Crippen LogP contribution is 2.25. The Labute approximate surface area is 117 Å². The van der Waals surface area contributed by atoms with E-state index in [-0.39, 0.29) is 18.0 Å². The Morgan fingerprint density at radius 2 is 1.78 bits per heavy atom. The highest BCUT2D eigenvalue weighted by Gasteiger charge is 2.23. The monoisotopic (exact) mass is 313 g/mol. The molecule has 4 heteroatoms. The average Bonchev–Trinajstić information content (AvgIpc) is 2.28. The van der Waals surface area contributed by atoms with Crippen LogP contribution in [0.15, 0.2) is 22.7 Å². The first kappa shape index (κ1) is 15.0. The van der Waals surface area contributed by atoms with Crippen LogP contribution < -0.4 is 4.74 Å². The molecule has 3 nitrogen and oxygen atoms in total. The van der Waals surface area contributed by atoms with E-state index in [1.807, 2.05) is 44.7 Å². The van der Waals surface area contributed by atoms with Gasteiger partial charge in [0.1, 0.15) is 5.75 Å². The number of amides is 1. The Bertz CT molecular complexity index is 422. The van der Waals surface area contributed by atoms with E-state index in [0.29, 0.717) is 11.3 Å². The number of carbonyl (C=O) groups is 1. The predicted octanol–water partition coefficient (Wildman–Crippen LogP) is 3.72. The van der Waals surface area contributed by atoms with Crippen molar-refractivity contribution in [2.24, 2.45) is 0 Å². The maximum Gasteiger partial charge on any atom is 0.255 e. The van der Waals surface area contributed by atoms with Crippen LogP contribution in [0.3, 0.4) is 0 Å². The van der Waals surface area contributed by atoms with Crippen LogP contribution in [0.1, 0.15) is 38.1 Å². The summed E-state index contributed by atoms with van der Waals surface area (Å²) >= 11 is 3.42. The fourth-order valence-electron chi connectivity index (χ4n) is 2.00. The van der Waals surface area contributed by atoms with Gasteiger partial charge < -0.3 is 9.64 Å². The molecular formula is C14H20BrNO2. The Balaban J connectivity index is 3.16. The van der Waals surface area contributed by atoms with Crippen LogP contribution in [0, 0.1) is 0 Å². The molecule has 0 aliphatic heterocycles. The minimum Gasteiger partial charge on any atom is -0.497 e. The van der Waals surface area contributed by atoms with Crippen molar-refractivity contribution in [3.63, 3.8) is 0 Å². The standard InChI is InChI=1S/C14H20BrNO2/c1-9(2)16(10(3)4)14(17)12-8-11(18-5)6-7-13(12)15/h6-10H,1-5H3. The minimum atomic E-state index is 0.0192. The summed E-state index contributed by atoms with van der Waals surface area (Å²) < 4.78 is 5.96. The minimum absolute atomic E-state index is 0.0192. The van der Waals surface area contributed by atoms with Gasteiger partial charge in [0.15, 0.2) is 0 Å². The van der Waals surface area contributed by atoms with E-state index in [2.05, 4.69) is 15.9 Å². The third kappa shape index (κ3) is 3.25. The number of hydrogen-bond acceptors (Lipinski definition) is 2. The van der Waals surface area contributed by atoms with Crippen LogP contribution in [-0.2, 0) is 0 Å². The Morgan fingerprint density at radius 3 is 2.22 bits per heavy atom. The maximum atomic E-state index is 12.6. The molecule has 0 heterocycles. The predicted molar refractivity (Wildman–Crippen MR) is 77.1 cm³/mol. The normalized spacial score (nSPS) is 10.9. The van der Waals surface area contributed by atoms with E-state index in [0.717, 1.165) is 4.47 Å². The second-order valence-corrected chi connectivity index (χ2v) is 5.60. The number of hydrogen-bond donors (Lipinski definition) is 0. The quantitative estimate of drug-likeness (QED) is 0.848. The lowest BCUT2D eigenvalue weighted by molar-refractivity contribution is 0.0642. The van der Waals surface area contributed by atoms with Crippen LogP contribution >= 0.6 is 15.9 Å². The first-order chi connectivity index (χ1) is 8.38. The molecule has 0 saturated heterocycles. The van der Waals surface area contributed by atoms with Crippen molar-refractivity contribution in [2.75, 3.05) is 7.11 Å². The fourth-order valence-corrected chi connectivity index (χ4v) is 2.42. The molecule has 1 rings (SSSR count). The zero-order valence-electron chi connectivity index (χ0n) is 11.5. The van der Waals surface area contributed by atoms with Crippen molar-refractivity contribution in [1.29, 1.82) is 0 Å². The summed E-state index contributed by atoms with van der Waals surface area (Å²) in [5.74, 6) is 0.708. The van der Waals surface area contributed by atoms with Crippen LogP contribution in [-0.4, -0.2) is 30.0 Å². The van der Waals surface area contributed by atoms with Crippen LogP contribution in [0.2, 0.25) is 0 Å². The largest absolute Gasteiger partial charge is 0.497 e. The first-order valence-electron chi connectivity index (χ1n) is 6.04. The molecule has 0 spiro atoms. The molecule has 0 N–H and O–H groups in total. The van der Waals surface area contributed by atoms with Gasteiger partial charge in [0, 0.05) is 16.6 Å². The number of benzene rings is 1. The van der Waals surface area contributed by atoms with Crippen LogP contribution in [0.25, 0.3) is 0 Å². The van der Waals surface area contributed by atoms with Crippen molar-refractivity contribution >= 4 is 21.8 Å². The molecule has 1 aromatic carbocycles. The summed E-state index contributed by atoms with van der Waals surface area (Å²) in [4.78, 5) is 14.4. The zero-order valence-corrected chi connectivity index (χ0v) is 13.1. The molecule has 0 aliphatic rings. The fraction of sp³-hybridized carbons (Fsp3) is 0.500. The smallest absolute Gasteiger partial charge is 0.255 e. The molecule has 0 atom stereocenters. The lowest BCUT2D eigenvalue weighted by atomic mass is 10.1. The van der Waals surface area contributed by atoms with Gasteiger partial charge in [-0.1, -0.05) is 0 Å². The van der Waals surface area contributed by atoms with Crippen molar-refractivity contribution < 1.29 is 9.53 Å². The van der Waals surface area contributed by atoms with Gasteiger partial charge in [-0.25, -0.2) is 0 Å². The summed E-state index contributed by atoms with van der Waals surface area (Å²) in [6.45, 7) is 8.08. The second-order valence-electron chi connectivity index (χ2n) is 4.75. The lowest BCUT2D eigenvalue weighted by Gasteiger charge is -2.31. The van der Waals surface area contributed by atoms with Crippen LogP contribution in [0.4, 0.5) is 0 Å². The lowest BCUT2D eigenvalue weighted by Crippen LogP contribution is -2.42. The third-order valence-corrected chi connectivity index (χ3v) is 3.44. The summed E-state index contributed by atoms with van der Waals surface area (Å²) in [5.41, 5.74) is 0.636. The molecule has 0 bridgehead atoms. The van der Waals surface area contributed by atoms with Crippen molar-refractivity contribution in [2.45, 2.75) is 39.8 Å². The Kier molecular flexibility index (Phi) is 5.20. The maximum absolute atomic E-state index is 12.6. The van der Waals surface area contributed by atoms with E-state index in [1.54, 1.807) is 13.2 Å². The highest BCUT2D eigenvalue weighted by atomic mass is 79.9. The molecule has 0 radical (unpaired) electrons. The van der Waals surface area contributed by atoms with Gasteiger partial charge in [-0.3, -0.25) is 4.79 Å². The second kappa shape index (κ2) is 6.23. The van der Waals surface area contributed by atoms with Gasteiger partial charge in [0.2, 0.25) is 0 Å². The molecule has 0 aliphatic carbocycles. The number of carbonyl (C=O) groups excluding carboxylic acids is 1. The molecule has 0 fully saturated rings. The number of halogens is 1. The molecule has 0 saturated carbocycles. The van der Waals surface area contributed by atoms with Crippen molar-refractivity contribution in [1.82, 2.24) is 4.90 Å². The van der Waals surface area contributed by atoms with E-state index in [9.17, 15) is 4.79 Å². The van der Waals surface area contributed by atoms with Gasteiger partial charge in [-0.2, -0.15) is 0 Å². The van der Waals surface area contributed by atoms with Gasteiger partial charge >= 0.3 is 0 Å². The molecule has 1 amide bonds. The summed E-state index contributed by atoms with van der Waals surface area (Å²) in [7, 11) is 1.60. The molecule has 0 aromatic heterocycles.